The van der Waals surface area contributed by atoms with E-state index in [2.05, 4.69) is 57.4 Å². The van der Waals surface area contributed by atoms with Gasteiger partial charge in [-0.1, -0.05) is 39.0 Å². The van der Waals surface area contributed by atoms with Crippen molar-refractivity contribution >= 4 is 50.5 Å². The molecule has 1 atom stereocenters. The minimum Gasteiger partial charge on any atom is -0.173 e. The number of thiol groups is 4. The maximum Gasteiger partial charge on any atom is 0.110 e. The van der Waals surface area contributed by atoms with Gasteiger partial charge in [-0.05, 0) is 6.42 Å². The Morgan fingerprint density at radius 1 is 1.00 bits per heavy atom. The Morgan fingerprint density at radius 2 is 1.54 bits per heavy atom. The third kappa shape index (κ3) is 8.40. The topological polar surface area (TPSA) is 0 Å². The van der Waals surface area contributed by atoms with Crippen molar-refractivity contribution in [1.82, 2.24) is 0 Å². The van der Waals surface area contributed by atoms with E-state index in [1.807, 2.05) is 0 Å². The van der Waals surface area contributed by atoms with Gasteiger partial charge >= 0.3 is 0 Å². The molecule has 0 aliphatic heterocycles. The van der Waals surface area contributed by atoms with Crippen LogP contribution in [0, 0.1) is 0 Å². The van der Waals surface area contributed by atoms with Crippen LogP contribution in [0.5, 0.6) is 0 Å². The first-order valence-corrected chi connectivity index (χ1v) is 6.69. The smallest absolute Gasteiger partial charge is 0.110 e. The molecule has 0 bridgehead atoms. The van der Waals surface area contributed by atoms with Crippen LogP contribution < -0.4 is 0 Å². The van der Waals surface area contributed by atoms with Gasteiger partial charge in [0.1, 0.15) is 3.41 Å². The number of hydrogen-bond donors (Lipinski definition) is 4. The molecule has 0 N–H and O–H groups in total. The lowest BCUT2D eigenvalue weighted by molar-refractivity contribution is 0.603. The fourth-order valence-electron chi connectivity index (χ4n) is 1.13. The molecule has 13 heavy (non-hydrogen) atoms. The molecule has 4 heteroatoms. The zero-order chi connectivity index (χ0) is 10.3. The fraction of sp³-hybridized carbons (Fsp3) is 1.00. The van der Waals surface area contributed by atoms with Gasteiger partial charge in [0, 0.05) is 5.25 Å². The molecule has 1 unspecified atom stereocenters. The second-order valence-corrected chi connectivity index (χ2v) is 7.20. The Labute approximate surface area is 104 Å². The molecule has 80 valence electrons. The van der Waals surface area contributed by atoms with Gasteiger partial charge in [0.05, 0.1) is 0 Å². The average Bonchev–Trinajstić information content (AvgIpc) is 2.02. The van der Waals surface area contributed by atoms with E-state index in [1.165, 1.54) is 32.1 Å². The number of unbranched alkanes of at least 4 members (excludes halogenated alkanes) is 4. The third-order valence-corrected chi connectivity index (χ3v) is 4.22. The van der Waals surface area contributed by atoms with Gasteiger partial charge < -0.3 is 0 Å². The highest BCUT2D eigenvalue weighted by Crippen LogP contribution is 2.34. The van der Waals surface area contributed by atoms with Crippen LogP contribution >= 0.6 is 50.5 Å². The maximum absolute atomic E-state index is 4.41. The number of rotatable bonds is 7. The Kier molecular flexibility index (Phi) is 8.49. The summed E-state index contributed by atoms with van der Waals surface area (Å²) in [5.41, 5.74) is 0. The molecule has 0 aliphatic rings. The van der Waals surface area contributed by atoms with Gasteiger partial charge in [-0.2, -0.15) is 50.5 Å². The average molecular weight is 257 g/mol. The first-order valence-electron chi connectivity index (χ1n) is 4.83. The van der Waals surface area contributed by atoms with Crippen LogP contribution in [-0.4, -0.2) is 8.66 Å². The lowest BCUT2D eigenvalue weighted by Crippen LogP contribution is -2.19. The van der Waals surface area contributed by atoms with E-state index >= 15 is 0 Å². The number of hydrogen-bond acceptors (Lipinski definition) is 4. The van der Waals surface area contributed by atoms with E-state index in [1.54, 1.807) is 0 Å². The molecule has 0 fully saturated rings. The fourth-order valence-corrected chi connectivity index (χ4v) is 1.70. The molecule has 0 aliphatic carbocycles. The molecular formula is C9H20S4. The van der Waals surface area contributed by atoms with Crippen LogP contribution in [0.2, 0.25) is 0 Å². The van der Waals surface area contributed by atoms with E-state index in [0.717, 1.165) is 6.42 Å². The second kappa shape index (κ2) is 7.66. The summed E-state index contributed by atoms with van der Waals surface area (Å²) in [7, 11) is 0. The highest BCUT2D eigenvalue weighted by molar-refractivity contribution is 8.18. The monoisotopic (exact) mass is 256 g/mol. The quantitative estimate of drug-likeness (QED) is 0.294. The van der Waals surface area contributed by atoms with Gasteiger partial charge in [0.15, 0.2) is 0 Å². The van der Waals surface area contributed by atoms with Crippen molar-refractivity contribution in [1.29, 1.82) is 0 Å². The summed E-state index contributed by atoms with van der Waals surface area (Å²) in [6.45, 7) is 2.22. The summed E-state index contributed by atoms with van der Waals surface area (Å²) in [5.74, 6) is 0. The molecule has 0 nitrogen and oxygen atoms in total. The van der Waals surface area contributed by atoms with Crippen molar-refractivity contribution in [2.45, 2.75) is 54.1 Å². The lowest BCUT2D eigenvalue weighted by atomic mass is 10.1. The Morgan fingerprint density at radius 3 is 2.00 bits per heavy atom. The Bertz CT molecular complexity index is 119. The van der Waals surface area contributed by atoms with Crippen LogP contribution in [0.15, 0.2) is 0 Å². The van der Waals surface area contributed by atoms with Crippen molar-refractivity contribution in [3.8, 4) is 0 Å². The molecule has 0 aromatic carbocycles. The van der Waals surface area contributed by atoms with Gasteiger partial charge in [0.2, 0.25) is 0 Å². The van der Waals surface area contributed by atoms with Crippen LogP contribution in [0.3, 0.4) is 0 Å². The van der Waals surface area contributed by atoms with E-state index in [-0.39, 0.29) is 5.25 Å². The van der Waals surface area contributed by atoms with Crippen molar-refractivity contribution in [2.24, 2.45) is 0 Å². The maximum atomic E-state index is 4.41. The molecule has 0 rings (SSSR count). The van der Waals surface area contributed by atoms with Crippen LogP contribution in [-0.2, 0) is 0 Å². The normalized spacial score (nSPS) is 14.5. The third-order valence-electron chi connectivity index (χ3n) is 2.03. The van der Waals surface area contributed by atoms with Crippen LogP contribution in [0.25, 0.3) is 0 Å². The minimum atomic E-state index is -0.548. The first-order chi connectivity index (χ1) is 5.98. The van der Waals surface area contributed by atoms with Gasteiger partial charge in [-0.3, -0.25) is 0 Å². The zero-order valence-corrected chi connectivity index (χ0v) is 11.7. The van der Waals surface area contributed by atoms with Crippen molar-refractivity contribution in [3.63, 3.8) is 0 Å². The molecule has 0 saturated carbocycles. The molecule has 0 aromatic heterocycles. The molecule has 0 radical (unpaired) electrons. The predicted octanol–water partition coefficient (Wildman–Crippen LogP) is 4.09. The summed E-state index contributed by atoms with van der Waals surface area (Å²) in [5, 5.41) is 0.157. The van der Waals surface area contributed by atoms with Crippen molar-refractivity contribution in [2.75, 3.05) is 0 Å². The van der Waals surface area contributed by atoms with Gasteiger partial charge in [-0.25, -0.2) is 0 Å². The largest absolute Gasteiger partial charge is 0.173 e. The Balaban J connectivity index is 3.32. The standard InChI is InChI=1S/C9H20S4/c1-2-3-4-5-6-7-8(10)9(11,12)13/h8,10-13H,2-7H2,1H3. The highest BCUT2D eigenvalue weighted by Gasteiger charge is 2.23. The highest BCUT2D eigenvalue weighted by atomic mass is 32.2. The summed E-state index contributed by atoms with van der Waals surface area (Å²) in [6, 6.07) is 0. The van der Waals surface area contributed by atoms with E-state index in [4.69, 9.17) is 0 Å². The van der Waals surface area contributed by atoms with E-state index in [9.17, 15) is 0 Å². The second-order valence-electron chi connectivity index (χ2n) is 3.41. The van der Waals surface area contributed by atoms with Crippen LogP contribution in [0.1, 0.15) is 45.4 Å². The summed E-state index contributed by atoms with van der Waals surface area (Å²) in [6.07, 6.45) is 7.50. The lowest BCUT2D eigenvalue weighted by Gasteiger charge is -2.23. The summed E-state index contributed by atoms with van der Waals surface area (Å²) < 4.78 is -0.548. The molecule has 0 spiro atoms. The van der Waals surface area contributed by atoms with Crippen molar-refractivity contribution in [3.05, 3.63) is 0 Å². The predicted molar refractivity (Wildman–Crippen MR) is 75.8 cm³/mol. The molecule has 0 saturated heterocycles. The zero-order valence-electron chi connectivity index (χ0n) is 8.11. The van der Waals surface area contributed by atoms with E-state index < -0.39 is 3.41 Å². The van der Waals surface area contributed by atoms with Gasteiger partial charge in [0.25, 0.3) is 0 Å². The molecular weight excluding hydrogens is 236 g/mol. The van der Waals surface area contributed by atoms with Gasteiger partial charge in [-0.15, -0.1) is 0 Å². The molecule has 0 aromatic rings. The summed E-state index contributed by atoms with van der Waals surface area (Å²) in [4.78, 5) is 0. The molecule has 0 amide bonds. The van der Waals surface area contributed by atoms with Crippen molar-refractivity contribution < 1.29 is 0 Å². The summed E-state index contributed by atoms with van der Waals surface area (Å²) >= 11 is 17.1. The first kappa shape index (κ1) is 14.4. The Hall–Kier alpha value is 1.40. The minimum absolute atomic E-state index is 0.157. The SMILES string of the molecule is CCCCCCCC(S)C(S)(S)S. The van der Waals surface area contributed by atoms with E-state index in [0.29, 0.717) is 0 Å². The van der Waals surface area contributed by atoms with Crippen LogP contribution in [0.4, 0.5) is 0 Å². The molecule has 0 heterocycles.